The van der Waals surface area contributed by atoms with Gasteiger partial charge < -0.3 is 14.8 Å². The molecule has 0 spiro atoms. The normalized spacial score (nSPS) is 32.5. The maximum Gasteiger partial charge on any atom is 0.244 e. The van der Waals surface area contributed by atoms with Crippen molar-refractivity contribution in [2.24, 2.45) is 16.7 Å². The molecule has 1 aromatic rings. The molecule has 1 aliphatic heterocycles. The Bertz CT molecular complexity index is 709. The molecule has 2 fully saturated rings. The van der Waals surface area contributed by atoms with Crippen LogP contribution in [-0.2, 0) is 4.79 Å². The molecule has 3 aliphatic rings. The van der Waals surface area contributed by atoms with Crippen LogP contribution in [0.2, 0.25) is 0 Å². The van der Waals surface area contributed by atoms with Gasteiger partial charge in [0.15, 0.2) is 11.5 Å². The summed E-state index contributed by atoms with van der Waals surface area (Å²) in [6.45, 7) is 7.32. The Morgan fingerprint density at radius 2 is 2.04 bits per heavy atom. The zero-order valence-electron chi connectivity index (χ0n) is 14.6. The molecule has 1 amide bonds. The number of carbonyl (C=O) groups excluding carboxylic acids is 1. The molecule has 3 atom stereocenters. The van der Waals surface area contributed by atoms with Crippen molar-refractivity contribution >= 4 is 12.0 Å². The van der Waals surface area contributed by atoms with Crippen LogP contribution < -0.4 is 14.8 Å². The minimum atomic E-state index is -0.0118. The van der Waals surface area contributed by atoms with Crippen LogP contribution in [0.1, 0.15) is 45.6 Å². The number of ether oxygens (including phenoxy) is 2. The molecule has 1 N–H and O–H groups in total. The van der Waals surface area contributed by atoms with E-state index in [2.05, 4.69) is 26.1 Å². The number of hydrogen-bond donors (Lipinski definition) is 1. The zero-order chi connectivity index (χ0) is 16.9. The maximum atomic E-state index is 12.4. The number of hydrogen-bond acceptors (Lipinski definition) is 3. The summed E-state index contributed by atoms with van der Waals surface area (Å²) < 4.78 is 10.7. The van der Waals surface area contributed by atoms with Gasteiger partial charge in [0.2, 0.25) is 12.7 Å². The van der Waals surface area contributed by atoms with Crippen molar-refractivity contribution in [2.45, 2.75) is 46.1 Å². The van der Waals surface area contributed by atoms with Gasteiger partial charge in [0.25, 0.3) is 0 Å². The molecule has 1 aromatic carbocycles. The summed E-state index contributed by atoms with van der Waals surface area (Å²) in [5.74, 6) is 2.21. The minimum Gasteiger partial charge on any atom is -0.454 e. The van der Waals surface area contributed by atoms with Crippen molar-refractivity contribution in [3.63, 3.8) is 0 Å². The highest BCUT2D eigenvalue weighted by atomic mass is 16.7. The number of carbonyl (C=O) groups is 1. The van der Waals surface area contributed by atoms with Crippen LogP contribution in [0.25, 0.3) is 6.08 Å². The molecule has 4 rings (SSSR count). The largest absolute Gasteiger partial charge is 0.454 e. The number of fused-ring (bicyclic) bond motifs is 3. The molecular formula is C20H25NO3. The van der Waals surface area contributed by atoms with Crippen molar-refractivity contribution in [1.29, 1.82) is 0 Å². The van der Waals surface area contributed by atoms with E-state index < -0.39 is 0 Å². The van der Waals surface area contributed by atoms with Crippen molar-refractivity contribution in [1.82, 2.24) is 5.32 Å². The summed E-state index contributed by atoms with van der Waals surface area (Å²) in [7, 11) is 0. The molecule has 2 saturated carbocycles. The Hall–Kier alpha value is -1.97. The predicted molar refractivity (Wildman–Crippen MR) is 92.8 cm³/mol. The third kappa shape index (κ3) is 2.23. The molecule has 4 heteroatoms. The number of amides is 1. The highest BCUT2D eigenvalue weighted by Crippen LogP contribution is 2.65. The lowest BCUT2D eigenvalue weighted by Gasteiger charge is -2.39. The van der Waals surface area contributed by atoms with E-state index in [0.29, 0.717) is 5.41 Å². The van der Waals surface area contributed by atoms with E-state index in [0.717, 1.165) is 29.4 Å². The molecule has 128 valence electrons. The smallest absolute Gasteiger partial charge is 0.244 e. The van der Waals surface area contributed by atoms with Crippen LogP contribution >= 0.6 is 0 Å². The van der Waals surface area contributed by atoms with Gasteiger partial charge in [-0.05, 0) is 59.8 Å². The molecule has 24 heavy (non-hydrogen) atoms. The second-order valence-corrected chi connectivity index (χ2v) is 8.12. The Morgan fingerprint density at radius 1 is 1.25 bits per heavy atom. The molecule has 2 aliphatic carbocycles. The first-order valence-electron chi connectivity index (χ1n) is 8.78. The highest BCUT2D eigenvalue weighted by molar-refractivity contribution is 5.92. The fourth-order valence-corrected chi connectivity index (χ4v) is 4.83. The van der Waals surface area contributed by atoms with E-state index in [-0.39, 0.29) is 24.2 Å². The number of rotatable bonds is 3. The average Bonchev–Trinajstić information content (AvgIpc) is 3.15. The van der Waals surface area contributed by atoms with Crippen LogP contribution in [-0.4, -0.2) is 18.7 Å². The van der Waals surface area contributed by atoms with Gasteiger partial charge in [-0.1, -0.05) is 26.8 Å². The molecule has 3 unspecified atom stereocenters. The summed E-state index contributed by atoms with van der Waals surface area (Å²) in [6, 6.07) is 5.98. The fraction of sp³-hybridized carbons (Fsp3) is 0.550. The second-order valence-electron chi connectivity index (χ2n) is 8.12. The Kier molecular flexibility index (Phi) is 3.41. The quantitative estimate of drug-likeness (QED) is 0.860. The standard InChI is InChI=1S/C20H25NO3/c1-19(2)14-8-9-20(19,3)17(11-14)21-18(22)7-5-13-4-6-15-16(10-13)24-12-23-15/h4-7,10,14,17H,8-9,11-12H2,1-3H3,(H,21,22). The maximum absolute atomic E-state index is 12.4. The first-order chi connectivity index (χ1) is 11.4. The lowest BCUT2D eigenvalue weighted by atomic mass is 9.69. The van der Waals surface area contributed by atoms with Gasteiger partial charge in [-0.2, -0.15) is 0 Å². The van der Waals surface area contributed by atoms with Crippen molar-refractivity contribution in [3.05, 3.63) is 29.8 Å². The Morgan fingerprint density at radius 3 is 2.75 bits per heavy atom. The third-order valence-corrected chi connectivity index (χ3v) is 6.93. The van der Waals surface area contributed by atoms with Gasteiger partial charge >= 0.3 is 0 Å². The van der Waals surface area contributed by atoms with Gasteiger partial charge in [0, 0.05) is 12.1 Å². The molecule has 0 saturated heterocycles. The first-order valence-corrected chi connectivity index (χ1v) is 8.78. The minimum absolute atomic E-state index is 0.0118. The van der Waals surface area contributed by atoms with Gasteiger partial charge in [-0.15, -0.1) is 0 Å². The van der Waals surface area contributed by atoms with Gasteiger partial charge in [-0.25, -0.2) is 0 Å². The van der Waals surface area contributed by atoms with Gasteiger partial charge in [0.1, 0.15) is 0 Å². The van der Waals surface area contributed by atoms with Crippen LogP contribution in [0, 0.1) is 16.7 Å². The van der Waals surface area contributed by atoms with Crippen molar-refractivity contribution in [2.75, 3.05) is 6.79 Å². The molecular weight excluding hydrogens is 302 g/mol. The zero-order valence-corrected chi connectivity index (χ0v) is 14.6. The monoisotopic (exact) mass is 327 g/mol. The van der Waals surface area contributed by atoms with Crippen molar-refractivity contribution < 1.29 is 14.3 Å². The SMILES string of the molecule is CC1(C)C2CCC1(C)C(NC(=O)C=Cc1ccc3c(c1)OCO3)C2. The topological polar surface area (TPSA) is 47.6 Å². The first kappa shape index (κ1) is 15.6. The molecule has 4 nitrogen and oxygen atoms in total. The lowest BCUT2D eigenvalue weighted by Crippen LogP contribution is -2.46. The van der Waals surface area contributed by atoms with Crippen LogP contribution in [0.5, 0.6) is 11.5 Å². The Balaban J connectivity index is 1.43. The molecule has 0 radical (unpaired) electrons. The average molecular weight is 327 g/mol. The van der Waals surface area contributed by atoms with Gasteiger partial charge in [-0.3, -0.25) is 4.79 Å². The second kappa shape index (κ2) is 5.27. The van der Waals surface area contributed by atoms with Crippen LogP contribution in [0.15, 0.2) is 24.3 Å². The number of benzene rings is 1. The molecule has 1 heterocycles. The lowest BCUT2D eigenvalue weighted by molar-refractivity contribution is -0.118. The summed E-state index contributed by atoms with van der Waals surface area (Å²) in [5, 5.41) is 3.25. The summed E-state index contributed by atoms with van der Waals surface area (Å²) >= 11 is 0. The van der Waals surface area contributed by atoms with E-state index in [1.54, 1.807) is 6.08 Å². The van der Waals surface area contributed by atoms with Gasteiger partial charge in [0.05, 0.1) is 0 Å². The summed E-state index contributed by atoms with van der Waals surface area (Å²) in [4.78, 5) is 12.4. The van der Waals surface area contributed by atoms with Crippen molar-refractivity contribution in [3.8, 4) is 11.5 Å². The predicted octanol–water partition coefficient (Wildman–Crippen LogP) is 3.76. The third-order valence-electron chi connectivity index (χ3n) is 6.93. The van der Waals surface area contributed by atoms with E-state index in [1.165, 1.54) is 12.8 Å². The number of nitrogens with one attached hydrogen (secondary N) is 1. The summed E-state index contributed by atoms with van der Waals surface area (Å²) in [5.41, 5.74) is 1.46. The van der Waals surface area contributed by atoms with E-state index in [9.17, 15) is 4.79 Å². The molecule has 0 aromatic heterocycles. The fourth-order valence-electron chi connectivity index (χ4n) is 4.83. The highest BCUT2D eigenvalue weighted by Gasteiger charge is 2.61. The van der Waals surface area contributed by atoms with E-state index in [4.69, 9.17) is 9.47 Å². The van der Waals surface area contributed by atoms with Crippen LogP contribution in [0.3, 0.4) is 0 Å². The van der Waals surface area contributed by atoms with E-state index in [1.807, 2.05) is 24.3 Å². The molecule has 2 bridgehead atoms. The van der Waals surface area contributed by atoms with E-state index >= 15 is 0 Å². The summed E-state index contributed by atoms with van der Waals surface area (Å²) in [6.07, 6.45) is 7.06. The van der Waals surface area contributed by atoms with Crippen LogP contribution in [0.4, 0.5) is 0 Å². The Labute approximate surface area is 143 Å².